The van der Waals surface area contributed by atoms with Crippen LogP contribution >= 0.6 is 0 Å². The van der Waals surface area contributed by atoms with Crippen molar-refractivity contribution in [2.45, 2.75) is 31.1 Å². The van der Waals surface area contributed by atoms with E-state index in [1.807, 2.05) is 0 Å². The molecule has 2 heterocycles. The number of urea groups is 1. The first-order valence-electron chi connectivity index (χ1n) is 10.1. The Morgan fingerprint density at radius 3 is 2.47 bits per heavy atom. The molecule has 13 heteroatoms. The second kappa shape index (κ2) is 8.80. The van der Waals surface area contributed by atoms with E-state index in [4.69, 9.17) is 9.57 Å². The number of carbonyl (C=O) groups excluding carboxylic acids is 2. The lowest BCUT2D eigenvalue weighted by molar-refractivity contribution is -0.149. The molecule has 2 aliphatic rings. The van der Waals surface area contributed by atoms with Crippen molar-refractivity contribution in [1.29, 1.82) is 0 Å². The number of amides is 2. The molecule has 0 aromatic heterocycles. The summed E-state index contributed by atoms with van der Waals surface area (Å²) in [6.07, 6.45) is 0. The Kier molecular flexibility index (Phi) is 6.16. The third-order valence-electron chi connectivity index (χ3n) is 5.33. The Morgan fingerprint density at radius 1 is 1.12 bits per heavy atom. The van der Waals surface area contributed by atoms with Gasteiger partial charge in [0.2, 0.25) is 0 Å². The third kappa shape index (κ3) is 4.16. The molecule has 182 valence electrons. The van der Waals surface area contributed by atoms with E-state index < -0.39 is 45.5 Å². The minimum atomic E-state index is -6.01. The minimum absolute atomic E-state index is 0.0109. The maximum Gasteiger partial charge on any atom is 0.534 e. The number of hydrogen-bond acceptors (Lipinski definition) is 7. The molecule has 0 spiro atoms. The van der Waals surface area contributed by atoms with E-state index in [0.29, 0.717) is 5.56 Å². The van der Waals surface area contributed by atoms with Gasteiger partial charge in [0, 0.05) is 5.56 Å². The second-order valence-corrected chi connectivity index (χ2v) is 8.97. The fourth-order valence-electron chi connectivity index (χ4n) is 3.92. The molecular weight excluding hydrogens is 481 g/mol. The van der Waals surface area contributed by atoms with E-state index in [9.17, 15) is 31.2 Å². The summed E-state index contributed by atoms with van der Waals surface area (Å²) in [5.74, 6) is -1.48. The number of hydrogen-bond donors (Lipinski definition) is 0. The van der Waals surface area contributed by atoms with Crippen molar-refractivity contribution < 1.29 is 44.9 Å². The lowest BCUT2D eigenvalue weighted by Gasteiger charge is -2.32. The van der Waals surface area contributed by atoms with Crippen molar-refractivity contribution in [2.24, 2.45) is 0 Å². The first kappa shape index (κ1) is 23.8. The number of ether oxygens (including phenoxy) is 1. The molecular formula is C21H19F3N2O7S. The summed E-state index contributed by atoms with van der Waals surface area (Å²) in [5, 5.41) is 0.915. The first-order valence-corrected chi connectivity index (χ1v) is 11.5. The molecule has 2 bridgehead atoms. The zero-order valence-electron chi connectivity index (χ0n) is 17.7. The molecule has 9 nitrogen and oxygen atoms in total. The highest BCUT2D eigenvalue weighted by molar-refractivity contribution is 7.88. The van der Waals surface area contributed by atoms with Crippen molar-refractivity contribution in [3.63, 3.8) is 0 Å². The maximum absolute atomic E-state index is 13.1. The van der Waals surface area contributed by atoms with Crippen LogP contribution in [-0.4, -0.2) is 49.0 Å². The van der Waals surface area contributed by atoms with E-state index in [1.54, 1.807) is 37.3 Å². The predicted octanol–water partition coefficient (Wildman–Crippen LogP) is 3.44. The molecule has 4 rings (SSSR count). The normalized spacial score (nSPS) is 19.7. The van der Waals surface area contributed by atoms with Crippen LogP contribution in [0.2, 0.25) is 0 Å². The first-order chi connectivity index (χ1) is 16.0. The Labute approximate surface area is 192 Å². The molecule has 1 saturated heterocycles. The molecule has 2 aromatic rings. The Bertz CT molecular complexity index is 1200. The average Bonchev–Trinajstić information content (AvgIpc) is 3.04. The van der Waals surface area contributed by atoms with Crippen LogP contribution in [0, 0.1) is 0 Å². The van der Waals surface area contributed by atoms with E-state index in [2.05, 4.69) is 4.18 Å². The van der Waals surface area contributed by atoms with Crippen molar-refractivity contribution in [3.8, 4) is 5.75 Å². The number of nitrogens with zero attached hydrogens (tertiary/aromatic N) is 2. The molecule has 0 saturated carbocycles. The quantitative estimate of drug-likeness (QED) is 0.326. The monoisotopic (exact) mass is 500 g/mol. The molecule has 2 atom stereocenters. The number of esters is 1. The van der Waals surface area contributed by atoms with Gasteiger partial charge >= 0.3 is 27.6 Å². The van der Waals surface area contributed by atoms with Crippen LogP contribution in [0.3, 0.4) is 0 Å². The Hall–Kier alpha value is -3.32. The van der Waals surface area contributed by atoms with Gasteiger partial charge in [0.25, 0.3) is 0 Å². The molecule has 1 fully saturated rings. The standard InChI is InChI=1S/C21H19F3N2O7S/c1-2-31-19(27)18-14-9-6-10-16(33-34(29,30)21(22,23)24)17(14)15-11-25(18)20(28)26(15)32-12-13-7-4-3-5-8-13/h3-10,15,18H,2,11-12H2,1H3/t15-,18+/m0/s1. The zero-order chi connectivity index (χ0) is 24.7. The smallest absolute Gasteiger partial charge is 0.464 e. The van der Waals surface area contributed by atoms with Crippen LogP contribution in [0.15, 0.2) is 48.5 Å². The van der Waals surface area contributed by atoms with Gasteiger partial charge in [0.05, 0.1) is 13.2 Å². The lowest BCUT2D eigenvalue weighted by atomic mass is 9.90. The lowest BCUT2D eigenvalue weighted by Crippen LogP contribution is -2.39. The van der Waals surface area contributed by atoms with Gasteiger partial charge in [0.15, 0.2) is 6.04 Å². The molecule has 0 radical (unpaired) electrons. The third-order valence-corrected chi connectivity index (χ3v) is 6.30. The predicted molar refractivity (Wildman–Crippen MR) is 109 cm³/mol. The zero-order valence-corrected chi connectivity index (χ0v) is 18.5. The number of hydroxylamine groups is 2. The molecule has 0 unspecified atom stereocenters. The van der Waals surface area contributed by atoms with Crippen molar-refractivity contribution in [2.75, 3.05) is 13.2 Å². The van der Waals surface area contributed by atoms with Crippen molar-refractivity contribution >= 4 is 22.1 Å². The molecule has 2 amide bonds. The molecule has 2 aliphatic heterocycles. The van der Waals surface area contributed by atoms with Gasteiger partial charge in [-0.15, -0.1) is 0 Å². The fraction of sp³-hybridized carbons (Fsp3) is 0.333. The number of benzene rings is 2. The SMILES string of the molecule is CCOC(=O)[C@H]1c2cccc(OS(=O)(=O)C(F)(F)F)c2[C@@H]2CN1C(=O)N2OCc1ccccc1. The second-order valence-electron chi connectivity index (χ2n) is 7.43. The van der Waals surface area contributed by atoms with E-state index >= 15 is 0 Å². The highest BCUT2D eigenvalue weighted by Crippen LogP contribution is 2.48. The topological polar surface area (TPSA) is 102 Å². The van der Waals surface area contributed by atoms with Crippen LogP contribution in [0.4, 0.5) is 18.0 Å². The van der Waals surface area contributed by atoms with Crippen LogP contribution in [0.1, 0.15) is 35.7 Å². The maximum atomic E-state index is 13.1. The van der Waals surface area contributed by atoms with Gasteiger partial charge in [-0.25, -0.2) is 9.59 Å². The summed E-state index contributed by atoms with van der Waals surface area (Å²) in [6, 6.07) is 9.37. The van der Waals surface area contributed by atoms with Crippen LogP contribution in [-0.2, 0) is 31.1 Å². The highest BCUT2D eigenvalue weighted by atomic mass is 32.2. The van der Waals surface area contributed by atoms with Gasteiger partial charge < -0.3 is 13.8 Å². The van der Waals surface area contributed by atoms with Crippen LogP contribution < -0.4 is 4.18 Å². The van der Waals surface area contributed by atoms with Crippen molar-refractivity contribution in [3.05, 3.63) is 65.2 Å². The van der Waals surface area contributed by atoms with Crippen molar-refractivity contribution in [1.82, 2.24) is 9.96 Å². The Balaban J connectivity index is 1.77. The Morgan fingerprint density at radius 2 is 1.82 bits per heavy atom. The van der Waals surface area contributed by atoms with Crippen LogP contribution in [0.5, 0.6) is 5.75 Å². The van der Waals surface area contributed by atoms with Crippen LogP contribution in [0.25, 0.3) is 0 Å². The largest absolute Gasteiger partial charge is 0.534 e. The van der Waals surface area contributed by atoms with Gasteiger partial charge in [0.1, 0.15) is 18.4 Å². The van der Waals surface area contributed by atoms with Gasteiger partial charge in [-0.05, 0) is 24.1 Å². The number of carbonyl (C=O) groups is 2. The summed E-state index contributed by atoms with van der Waals surface area (Å²) in [7, 11) is -6.01. The summed E-state index contributed by atoms with van der Waals surface area (Å²) >= 11 is 0. The summed E-state index contributed by atoms with van der Waals surface area (Å²) < 4.78 is 72.0. The number of rotatable bonds is 7. The molecule has 0 N–H and O–H groups in total. The number of halogens is 3. The summed E-state index contributed by atoms with van der Waals surface area (Å²) in [6.45, 7) is 1.33. The number of fused-ring (bicyclic) bond motifs is 4. The molecule has 0 aliphatic carbocycles. The summed E-state index contributed by atoms with van der Waals surface area (Å²) in [5.41, 5.74) is -4.96. The highest BCUT2D eigenvalue weighted by Gasteiger charge is 2.54. The molecule has 2 aromatic carbocycles. The summed E-state index contributed by atoms with van der Waals surface area (Å²) in [4.78, 5) is 32.7. The number of alkyl halides is 3. The van der Waals surface area contributed by atoms with E-state index in [1.165, 1.54) is 12.1 Å². The van der Waals surface area contributed by atoms with Gasteiger partial charge in [-0.2, -0.15) is 26.7 Å². The van der Waals surface area contributed by atoms with E-state index in [0.717, 1.165) is 16.0 Å². The van der Waals surface area contributed by atoms with Gasteiger partial charge in [-0.1, -0.05) is 42.5 Å². The average molecular weight is 500 g/mol. The fourth-order valence-corrected chi connectivity index (χ4v) is 4.40. The van der Waals surface area contributed by atoms with E-state index in [-0.39, 0.29) is 30.9 Å². The van der Waals surface area contributed by atoms with Gasteiger partial charge in [-0.3, -0.25) is 4.84 Å². The molecule has 34 heavy (non-hydrogen) atoms. The minimum Gasteiger partial charge on any atom is -0.464 e.